The summed E-state index contributed by atoms with van der Waals surface area (Å²) in [6.07, 6.45) is 2.95. The lowest BCUT2D eigenvalue weighted by Gasteiger charge is -2.29. The van der Waals surface area contributed by atoms with Crippen LogP contribution in [0, 0.1) is 0 Å². The van der Waals surface area contributed by atoms with Crippen LogP contribution < -0.4 is 10.2 Å². The fourth-order valence-corrected chi connectivity index (χ4v) is 1.87. The molecule has 1 aliphatic heterocycles. The van der Waals surface area contributed by atoms with Gasteiger partial charge < -0.3 is 10.2 Å². The van der Waals surface area contributed by atoms with E-state index in [2.05, 4.69) is 28.2 Å². The van der Waals surface area contributed by atoms with Crippen LogP contribution in [0.2, 0.25) is 0 Å². The van der Waals surface area contributed by atoms with Gasteiger partial charge in [0.25, 0.3) is 0 Å². The second-order valence-corrected chi connectivity index (χ2v) is 3.58. The van der Waals surface area contributed by atoms with E-state index in [-0.39, 0.29) is 0 Å². The molecule has 1 fully saturated rings. The van der Waals surface area contributed by atoms with Crippen LogP contribution in [0.5, 0.6) is 0 Å². The van der Waals surface area contributed by atoms with E-state index >= 15 is 0 Å². The van der Waals surface area contributed by atoms with Crippen LogP contribution in [0.15, 0.2) is 18.3 Å². The molecule has 0 radical (unpaired) electrons. The van der Waals surface area contributed by atoms with Crippen LogP contribution in [-0.2, 0) is 6.42 Å². The van der Waals surface area contributed by atoms with Gasteiger partial charge in [-0.1, -0.05) is 13.0 Å². The minimum atomic E-state index is 1.06. The average molecular weight is 191 g/mol. The highest BCUT2D eigenvalue weighted by atomic mass is 15.2. The van der Waals surface area contributed by atoms with Crippen LogP contribution in [0.25, 0.3) is 0 Å². The quantitative estimate of drug-likeness (QED) is 0.757. The Morgan fingerprint density at radius 1 is 1.43 bits per heavy atom. The summed E-state index contributed by atoms with van der Waals surface area (Å²) in [5.74, 6) is 1.18. The van der Waals surface area contributed by atoms with E-state index in [4.69, 9.17) is 0 Å². The predicted molar refractivity (Wildman–Crippen MR) is 58.7 cm³/mol. The first kappa shape index (κ1) is 9.46. The van der Waals surface area contributed by atoms with Crippen LogP contribution in [0.4, 0.5) is 5.82 Å². The van der Waals surface area contributed by atoms with E-state index in [1.807, 2.05) is 12.3 Å². The second kappa shape index (κ2) is 4.42. The number of hydrogen-bond donors (Lipinski definition) is 1. The Morgan fingerprint density at radius 3 is 2.93 bits per heavy atom. The molecule has 0 unspecified atom stereocenters. The van der Waals surface area contributed by atoms with Crippen molar-refractivity contribution in [2.45, 2.75) is 13.3 Å². The molecule has 1 saturated heterocycles. The molecule has 76 valence electrons. The summed E-state index contributed by atoms with van der Waals surface area (Å²) >= 11 is 0. The Balaban J connectivity index is 2.20. The predicted octanol–water partition coefficient (Wildman–Crippen LogP) is 1.05. The summed E-state index contributed by atoms with van der Waals surface area (Å²) < 4.78 is 0. The van der Waals surface area contributed by atoms with Crippen LogP contribution >= 0.6 is 0 Å². The molecule has 3 heteroatoms. The summed E-state index contributed by atoms with van der Waals surface area (Å²) in [6, 6.07) is 4.19. The monoisotopic (exact) mass is 191 g/mol. The van der Waals surface area contributed by atoms with Crippen molar-refractivity contribution in [3.8, 4) is 0 Å². The summed E-state index contributed by atoms with van der Waals surface area (Å²) in [5, 5.41) is 3.35. The summed E-state index contributed by atoms with van der Waals surface area (Å²) in [7, 11) is 0. The Kier molecular flexibility index (Phi) is 2.99. The van der Waals surface area contributed by atoms with Gasteiger partial charge in [0, 0.05) is 32.4 Å². The zero-order valence-corrected chi connectivity index (χ0v) is 8.66. The van der Waals surface area contributed by atoms with Crippen molar-refractivity contribution >= 4 is 5.82 Å². The van der Waals surface area contributed by atoms with Gasteiger partial charge in [-0.25, -0.2) is 4.98 Å². The first-order valence-corrected chi connectivity index (χ1v) is 5.31. The van der Waals surface area contributed by atoms with Gasteiger partial charge >= 0.3 is 0 Å². The highest BCUT2D eigenvalue weighted by Gasteiger charge is 2.13. The van der Waals surface area contributed by atoms with Crippen LogP contribution in [-0.4, -0.2) is 31.2 Å². The molecule has 0 atom stereocenters. The third-order valence-corrected chi connectivity index (χ3v) is 2.66. The van der Waals surface area contributed by atoms with E-state index in [0.29, 0.717) is 0 Å². The van der Waals surface area contributed by atoms with Gasteiger partial charge in [0.2, 0.25) is 0 Å². The molecule has 14 heavy (non-hydrogen) atoms. The Bertz CT molecular complexity index is 292. The number of nitrogens with one attached hydrogen (secondary N) is 1. The number of rotatable bonds is 2. The molecule has 2 rings (SSSR count). The lowest BCUT2D eigenvalue weighted by atomic mass is 10.2. The molecule has 2 heterocycles. The lowest BCUT2D eigenvalue weighted by Crippen LogP contribution is -2.44. The van der Waals surface area contributed by atoms with Gasteiger partial charge in [0.05, 0.1) is 0 Å². The zero-order valence-electron chi connectivity index (χ0n) is 8.66. The minimum Gasteiger partial charge on any atom is -0.354 e. The van der Waals surface area contributed by atoms with Gasteiger partial charge in [0.1, 0.15) is 5.82 Å². The van der Waals surface area contributed by atoms with Crippen molar-refractivity contribution in [2.75, 3.05) is 31.1 Å². The minimum absolute atomic E-state index is 1.06. The van der Waals surface area contributed by atoms with E-state index in [9.17, 15) is 0 Å². The zero-order chi connectivity index (χ0) is 9.80. The fraction of sp³-hybridized carbons (Fsp3) is 0.545. The van der Waals surface area contributed by atoms with Crippen molar-refractivity contribution in [2.24, 2.45) is 0 Å². The maximum Gasteiger partial charge on any atom is 0.131 e. The third kappa shape index (κ3) is 1.87. The first-order valence-electron chi connectivity index (χ1n) is 5.31. The normalized spacial score (nSPS) is 17.1. The van der Waals surface area contributed by atoms with E-state index in [1.165, 1.54) is 11.4 Å². The van der Waals surface area contributed by atoms with Gasteiger partial charge in [-0.05, 0) is 18.1 Å². The molecule has 3 nitrogen and oxygen atoms in total. The Morgan fingerprint density at radius 2 is 2.21 bits per heavy atom. The number of aryl methyl sites for hydroxylation is 1. The average Bonchev–Trinajstić information content (AvgIpc) is 2.30. The molecular weight excluding hydrogens is 174 g/mol. The SMILES string of the molecule is CCc1cccnc1N1CCNCC1. The molecule has 1 N–H and O–H groups in total. The van der Waals surface area contributed by atoms with Gasteiger partial charge in [-0.2, -0.15) is 0 Å². The molecular formula is C11H17N3. The fourth-order valence-electron chi connectivity index (χ4n) is 1.87. The summed E-state index contributed by atoms with van der Waals surface area (Å²) in [4.78, 5) is 6.84. The number of nitrogens with zero attached hydrogens (tertiary/aromatic N) is 2. The molecule has 0 aliphatic carbocycles. The Hall–Kier alpha value is -1.09. The highest BCUT2D eigenvalue weighted by Crippen LogP contribution is 2.17. The number of pyridine rings is 1. The van der Waals surface area contributed by atoms with Crippen molar-refractivity contribution in [1.82, 2.24) is 10.3 Å². The number of aromatic nitrogens is 1. The molecule has 1 aromatic heterocycles. The standard InChI is InChI=1S/C11H17N3/c1-2-10-4-3-5-13-11(10)14-8-6-12-7-9-14/h3-5,12H,2,6-9H2,1H3. The Labute approximate surface area is 85.1 Å². The van der Waals surface area contributed by atoms with Gasteiger partial charge in [0.15, 0.2) is 0 Å². The second-order valence-electron chi connectivity index (χ2n) is 3.58. The highest BCUT2D eigenvalue weighted by molar-refractivity contribution is 5.47. The van der Waals surface area contributed by atoms with Crippen LogP contribution in [0.3, 0.4) is 0 Å². The maximum absolute atomic E-state index is 4.47. The molecule has 0 aromatic carbocycles. The molecule has 0 spiro atoms. The molecule has 0 amide bonds. The number of hydrogen-bond acceptors (Lipinski definition) is 3. The van der Waals surface area contributed by atoms with E-state index < -0.39 is 0 Å². The van der Waals surface area contributed by atoms with Gasteiger partial charge in [-0.15, -0.1) is 0 Å². The number of piperazine rings is 1. The topological polar surface area (TPSA) is 28.2 Å². The van der Waals surface area contributed by atoms with Crippen LogP contribution in [0.1, 0.15) is 12.5 Å². The first-order chi connectivity index (χ1) is 6.92. The number of anilines is 1. The van der Waals surface area contributed by atoms with E-state index in [0.717, 1.165) is 32.6 Å². The molecule has 0 saturated carbocycles. The van der Waals surface area contributed by atoms with E-state index in [1.54, 1.807) is 0 Å². The maximum atomic E-state index is 4.47. The summed E-state index contributed by atoms with van der Waals surface area (Å²) in [6.45, 7) is 6.47. The molecule has 1 aromatic rings. The largest absolute Gasteiger partial charge is 0.354 e. The van der Waals surface area contributed by atoms with Gasteiger partial charge in [-0.3, -0.25) is 0 Å². The summed E-state index contributed by atoms with van der Waals surface area (Å²) in [5.41, 5.74) is 1.36. The van der Waals surface area contributed by atoms with Crippen molar-refractivity contribution < 1.29 is 0 Å². The molecule has 0 bridgehead atoms. The van der Waals surface area contributed by atoms with Crippen molar-refractivity contribution in [1.29, 1.82) is 0 Å². The van der Waals surface area contributed by atoms with Crippen molar-refractivity contribution in [3.63, 3.8) is 0 Å². The smallest absolute Gasteiger partial charge is 0.131 e. The lowest BCUT2D eigenvalue weighted by molar-refractivity contribution is 0.583. The molecule has 1 aliphatic rings. The third-order valence-electron chi connectivity index (χ3n) is 2.66. The van der Waals surface area contributed by atoms with Crippen molar-refractivity contribution in [3.05, 3.63) is 23.9 Å².